The number of imidazole rings is 1. The molecule has 0 bridgehead atoms. The average Bonchev–Trinajstić information content (AvgIpc) is 1.62. The number of carboxylic acid groups (broad SMARTS) is 1. The Morgan fingerprint density at radius 1 is 0.493 bits per heavy atom. The molecule has 13 aromatic rings. The Bertz CT molecular complexity index is 6220. The number of hydrogen-bond acceptors (Lipinski definition) is 21. The van der Waals surface area contributed by atoms with Crippen LogP contribution >= 0.6 is 138 Å². The van der Waals surface area contributed by atoms with Gasteiger partial charge in [0.05, 0.1) is 62.0 Å². The number of benzene rings is 12. The standard InChI is InChI=1S/C26H28BrClN2O.C26H26BrClN2.C13H10BrClN2O2.C13H12BrClN2.C13H17ClO.C6H5BrN2O2.C2H4O2.2CN.CH4.Fe.H4N4.HN3.N2.H3N.Zn/c1-17(2)14-19-8-10-20(11-9-19)18(3)26(31)30-25-15-22(27)12-13-24(25)29-16-21-6-4-5-7-23(21)28;1-17(2)14-19-8-10-20(11-9-19)18(3)26-29-24-15-22(27)12-13-25(24)30(26)16-21-6-4-5-7-23(21)28;14-10-5-6-12(13(7-10)17(18)19)16-8-9-3-1-2-4-11(9)15;14-10-5-6-13(12(16)7-10)17-8-9-3-1-2-4-11(9)15;1-9(2)8-11-4-6-12(7-5-11)10(3)13(14)15;7-4-1-2-5(8)6(3-4)9(10)11;1-2(3)4;2*1-2;;;1-3-4-2;1-3-2;1-2;;/h4-13,15,17-18,29H,14,16H2,1-3H3,(H,30,31);4-13,15,17-18H,14,16H2,1-3H3;1-7,16H,8H2;1-7,17H,8,16H2;4-7,9-10H,8H2,1-3H3;1-3H,8H2;1H3,(H,3,4);;;1H4;;(H2,1,4)(H2,2,3);1H;;1H3;/q;;;;;;;2*-1;;;;;;;+2. The van der Waals surface area contributed by atoms with Gasteiger partial charge in [-0.1, -0.05) is 345 Å². The molecule has 1 heterocycles. The molecule has 144 heavy (non-hydrogen) atoms. The SMILES string of the molecule is C.CC(=O)O.CC(C)Cc1ccc(C(C)C(=O)Cl)cc1.CC(C)Cc1ccc(C(C)C(=O)Nc2cc(Br)ccc2NCc2ccccc2Cl)cc1.CC(C)Cc1ccc(C(C)c2nc3cc(Br)ccc3n2Cc2ccccc2Cl)cc1.N.N#N.N/N=N/N.Nc1cc(Br)ccc1NCc1ccccc1Cl.Nc1ccc(Br)cc1[N+](=O)[O-].O=[N+]([O-])c1cc(Br)ccc1NCc1ccccc1Cl.[C-]#N.[C-]#N.[Fe].[N-]=[N+]=N.[Zn+2]. The van der Waals surface area contributed by atoms with Gasteiger partial charge in [-0.25, -0.2) is 4.98 Å². The molecule has 1 amide bonds. The smallest absolute Gasteiger partial charge is 0.512 e. The number of nitro groups is 2. The minimum Gasteiger partial charge on any atom is -0.512 e. The molecule has 0 saturated heterocycles. The zero-order valence-corrected chi connectivity index (χ0v) is 95.5. The van der Waals surface area contributed by atoms with Gasteiger partial charge in [-0.3, -0.25) is 34.6 Å². The summed E-state index contributed by atoms with van der Waals surface area (Å²) >= 11 is 47.1. The number of carboxylic acids is 1. The fraction of sp³-hybridized carbons (Fsp3) is 0.235. The molecule has 0 fully saturated rings. The number of nitrogen functional groups attached to an aromatic ring is 2. The topological polar surface area (TPSA) is 543 Å². The minimum atomic E-state index is -0.833. The fourth-order valence-electron chi connectivity index (χ4n) is 12.8. The number of carbonyl (C=O) groups excluding carboxylic acids is 2. The molecule has 1 aromatic heterocycles. The van der Waals surface area contributed by atoms with E-state index in [-0.39, 0.29) is 96.1 Å². The van der Waals surface area contributed by atoms with Crippen LogP contribution in [0.15, 0.2) is 294 Å². The number of nitro benzene ring substituents is 2. The Labute approximate surface area is 931 Å². The van der Waals surface area contributed by atoms with Crippen LogP contribution in [-0.2, 0) is 96.4 Å². The van der Waals surface area contributed by atoms with Crippen molar-refractivity contribution in [3.05, 3.63) is 409 Å². The molecule has 13 rings (SSSR count). The number of nitrogens with two attached hydrogens (primary N) is 4. The third-order valence-electron chi connectivity index (χ3n) is 19.5. The van der Waals surface area contributed by atoms with E-state index in [4.69, 9.17) is 130 Å². The summed E-state index contributed by atoms with van der Waals surface area (Å²) in [5.74, 6) is 10.5. The van der Waals surface area contributed by atoms with E-state index in [1.807, 2.05) is 147 Å². The maximum Gasteiger partial charge on any atom is 2.00 e. The van der Waals surface area contributed by atoms with E-state index in [1.54, 1.807) is 29.2 Å². The Kier molecular flexibility index (Phi) is 71.2. The number of fused-ring (bicyclic) bond motifs is 1. The number of amides is 1. The molecule has 42 heteroatoms. The second-order valence-electron chi connectivity index (χ2n) is 31.2. The number of rotatable bonds is 26. The second kappa shape index (κ2) is 75.2. The molecule has 0 radical (unpaired) electrons. The predicted molar refractivity (Wildman–Crippen MR) is 593 cm³/mol. The van der Waals surface area contributed by atoms with Crippen LogP contribution in [0.1, 0.15) is 156 Å². The van der Waals surface area contributed by atoms with Crippen LogP contribution in [0.4, 0.5) is 45.5 Å². The summed E-state index contributed by atoms with van der Waals surface area (Å²) < 4.78 is 6.53. The number of carbonyl (C=O) groups is 3. The van der Waals surface area contributed by atoms with Gasteiger partial charge in [-0.2, -0.15) is 0 Å². The summed E-state index contributed by atoms with van der Waals surface area (Å²) in [4.78, 5) is 60.1. The summed E-state index contributed by atoms with van der Waals surface area (Å²) in [5.41, 5.74) is 40.7. The third kappa shape index (κ3) is 50.7. The van der Waals surface area contributed by atoms with Crippen molar-refractivity contribution >= 4 is 211 Å². The van der Waals surface area contributed by atoms with Crippen LogP contribution in [0.2, 0.25) is 20.1 Å². The molecule has 3 atom stereocenters. The van der Waals surface area contributed by atoms with Crippen LogP contribution < -0.4 is 50.6 Å². The fourth-order valence-corrected chi connectivity index (χ4v) is 15.5. The van der Waals surface area contributed by atoms with E-state index in [9.17, 15) is 29.8 Å². The molecule has 30 nitrogen and oxygen atoms in total. The number of aromatic nitrogens is 2. The zero-order chi connectivity index (χ0) is 105. The van der Waals surface area contributed by atoms with Crippen molar-refractivity contribution in [3.8, 4) is 0 Å². The zero-order valence-electron chi connectivity index (χ0n) is 79.8. The van der Waals surface area contributed by atoms with Gasteiger partial charge in [0.25, 0.3) is 17.3 Å². The normalized spacial score (nSPS) is 10.3. The van der Waals surface area contributed by atoms with Gasteiger partial charge in [0, 0.05) is 115 Å². The maximum atomic E-state index is 13.0. The van der Waals surface area contributed by atoms with Gasteiger partial charge in [-0.15, -0.1) is 5.53 Å². The van der Waals surface area contributed by atoms with Crippen molar-refractivity contribution in [3.63, 3.8) is 0 Å². The van der Waals surface area contributed by atoms with Gasteiger partial charge >= 0.3 is 19.5 Å². The average molecular weight is 2470 g/mol. The monoisotopic (exact) mass is 2460 g/mol. The van der Waals surface area contributed by atoms with Crippen molar-refractivity contribution in [2.24, 2.45) is 39.9 Å². The Balaban J connectivity index is -0.00000164. The number of nitrogens with zero attached hydrogens (tertiary/aromatic N) is 12. The third-order valence-corrected chi connectivity index (χ3v) is 23.7. The number of hydrogen-bond donors (Lipinski definition) is 11. The molecule has 17 N–H and O–H groups in total. The summed E-state index contributed by atoms with van der Waals surface area (Å²) in [7, 11) is 0. The van der Waals surface area contributed by atoms with E-state index in [2.05, 4.69) is 261 Å². The number of anilines is 6. The molecule has 0 saturated carbocycles. The van der Waals surface area contributed by atoms with Gasteiger partial charge in [-0.05, 0) is 225 Å². The summed E-state index contributed by atoms with van der Waals surface area (Å²) in [6.45, 7) is 32.2. The molecule has 0 aliphatic carbocycles. The first kappa shape index (κ1) is 137. The van der Waals surface area contributed by atoms with E-state index in [0.717, 1.165) is 117 Å². The van der Waals surface area contributed by atoms with Crippen LogP contribution in [0.25, 0.3) is 21.5 Å². The van der Waals surface area contributed by atoms with Crippen molar-refractivity contribution in [2.45, 2.75) is 140 Å². The Hall–Kier alpha value is -11.6. The van der Waals surface area contributed by atoms with Crippen LogP contribution in [-0.4, -0.2) is 41.6 Å². The van der Waals surface area contributed by atoms with E-state index >= 15 is 0 Å². The second-order valence-corrected chi connectivity index (χ2v) is 37.8. The summed E-state index contributed by atoms with van der Waals surface area (Å²) in [6, 6.07) is 83.6. The molecule has 12 aromatic carbocycles. The molecule has 0 aliphatic rings. The molecular weight excluding hydrogens is 2360 g/mol. The van der Waals surface area contributed by atoms with E-state index < -0.39 is 15.8 Å². The molecular formula is C102H114Br5Cl5FeN22O8Zn. The van der Waals surface area contributed by atoms with Gasteiger partial charge in [0.1, 0.15) is 17.2 Å². The largest absolute Gasteiger partial charge is 2.00 e. The van der Waals surface area contributed by atoms with Crippen LogP contribution in [0.3, 0.4) is 0 Å². The first-order chi connectivity index (χ1) is 66.7. The number of aliphatic carboxylic acids is 1. The Morgan fingerprint density at radius 3 is 1.18 bits per heavy atom. The van der Waals surface area contributed by atoms with Crippen molar-refractivity contribution in [1.82, 2.24) is 15.7 Å². The van der Waals surface area contributed by atoms with Gasteiger partial charge in [0.15, 0.2) is 0 Å². The number of halogens is 10. The van der Waals surface area contributed by atoms with Crippen LogP contribution in [0, 0.1) is 78.0 Å². The molecule has 3 unspecified atom stereocenters. The van der Waals surface area contributed by atoms with Crippen molar-refractivity contribution < 1.29 is 65.9 Å². The van der Waals surface area contributed by atoms with E-state index in [0.29, 0.717) is 74.3 Å². The quantitative estimate of drug-likeness (QED) is 0.00205. The van der Waals surface area contributed by atoms with Crippen LogP contribution in [0.5, 0.6) is 0 Å². The molecule has 0 spiro atoms. The Morgan fingerprint density at radius 2 is 0.812 bits per heavy atom. The first-order valence-corrected chi connectivity index (χ1v) is 48.2. The predicted octanol–water partition coefficient (Wildman–Crippen LogP) is 31.3. The van der Waals surface area contributed by atoms with Gasteiger partial charge in [0.2, 0.25) is 11.1 Å². The summed E-state index contributed by atoms with van der Waals surface area (Å²) in [6.07, 6.45) is 3.22. The molecule has 0 aliphatic heterocycles. The van der Waals surface area contributed by atoms with E-state index in [1.165, 1.54) is 40.5 Å². The minimum absolute atomic E-state index is 0. The first-order valence-electron chi connectivity index (χ1n) is 42.4. The van der Waals surface area contributed by atoms with Crippen molar-refractivity contribution in [2.75, 3.05) is 32.7 Å². The maximum absolute atomic E-state index is 13.0. The number of nitrogens with one attached hydrogen (secondary N) is 5. The van der Waals surface area contributed by atoms with Crippen molar-refractivity contribution in [1.29, 1.82) is 26.8 Å². The summed E-state index contributed by atoms with van der Waals surface area (Å²) in [5, 5.41) is 73.8. The molecule has 760 valence electrons. The van der Waals surface area contributed by atoms with Gasteiger partial charge < -0.3 is 83.9 Å².